The number of pyridine rings is 1. The van der Waals surface area contributed by atoms with Crippen LogP contribution in [0.4, 0.5) is 0 Å². The summed E-state index contributed by atoms with van der Waals surface area (Å²) in [4.78, 5) is 5.23. The smallest absolute Gasteiger partial charge is 0.231 e. The molecule has 2 aromatic heterocycles. The minimum Gasteiger partial charge on any atom is -0.497 e. The molecule has 6 heteroatoms. The number of para-hydroxylation sites is 1. The largest absolute Gasteiger partial charge is 0.497 e. The number of methoxy groups -OCH3 is 1. The number of aromatic nitrogens is 3. The molecule has 34 heavy (non-hydrogen) atoms. The van der Waals surface area contributed by atoms with Gasteiger partial charge in [0.25, 0.3) is 0 Å². The minimum atomic E-state index is -0.190. The number of hydrogen-bond donors (Lipinski definition) is 0. The summed E-state index contributed by atoms with van der Waals surface area (Å²) in [7, 11) is 1.67. The molecule has 0 amide bonds. The lowest BCUT2D eigenvalue weighted by molar-refractivity contribution is 0.174. The van der Waals surface area contributed by atoms with E-state index in [4.69, 9.17) is 24.3 Å². The molecule has 0 radical (unpaired) electrons. The molecule has 3 aromatic carbocycles. The van der Waals surface area contributed by atoms with Crippen molar-refractivity contribution in [3.63, 3.8) is 0 Å². The van der Waals surface area contributed by atoms with Crippen molar-refractivity contribution >= 4 is 21.8 Å². The standard InChI is InChI=1S/C28H25N3O3/c1-28(2,3)26-24-20-14-22-23(34-16-33-22)15-21(20)25(17-10-12-19(32-4)13-11-17)29-27(24)31(30-26)18-8-6-5-7-9-18/h5-15H,16H2,1-4H3. The summed E-state index contributed by atoms with van der Waals surface area (Å²) in [6, 6.07) is 22.2. The van der Waals surface area contributed by atoms with Gasteiger partial charge in [-0.3, -0.25) is 0 Å². The van der Waals surface area contributed by atoms with Gasteiger partial charge < -0.3 is 14.2 Å². The monoisotopic (exact) mass is 451 g/mol. The van der Waals surface area contributed by atoms with E-state index in [-0.39, 0.29) is 12.2 Å². The molecule has 0 fully saturated rings. The molecule has 1 aliphatic heterocycles. The molecule has 6 rings (SSSR count). The highest BCUT2D eigenvalue weighted by atomic mass is 16.7. The number of benzene rings is 3. The Hall–Kier alpha value is -4.06. The molecule has 0 saturated carbocycles. The summed E-state index contributed by atoms with van der Waals surface area (Å²) in [6.45, 7) is 6.76. The van der Waals surface area contributed by atoms with Crippen LogP contribution in [0.5, 0.6) is 17.2 Å². The molecule has 6 nitrogen and oxygen atoms in total. The highest BCUT2D eigenvalue weighted by Crippen LogP contribution is 2.44. The molecular weight excluding hydrogens is 426 g/mol. The maximum atomic E-state index is 5.76. The zero-order chi connectivity index (χ0) is 23.4. The number of hydrogen-bond acceptors (Lipinski definition) is 5. The number of fused-ring (bicyclic) bond motifs is 4. The van der Waals surface area contributed by atoms with Gasteiger partial charge in [0, 0.05) is 21.8 Å². The highest BCUT2D eigenvalue weighted by Gasteiger charge is 2.28. The van der Waals surface area contributed by atoms with E-state index >= 15 is 0 Å². The quantitative estimate of drug-likeness (QED) is 0.323. The Morgan fingerprint density at radius 2 is 1.56 bits per heavy atom. The molecule has 0 aliphatic carbocycles. The van der Waals surface area contributed by atoms with Crippen LogP contribution in [0.2, 0.25) is 0 Å². The summed E-state index contributed by atoms with van der Waals surface area (Å²) in [5.74, 6) is 2.28. The fourth-order valence-corrected chi connectivity index (χ4v) is 4.51. The van der Waals surface area contributed by atoms with Crippen LogP contribution in [0, 0.1) is 0 Å². The average molecular weight is 452 g/mol. The summed E-state index contributed by atoms with van der Waals surface area (Å²) in [5, 5.41) is 8.18. The van der Waals surface area contributed by atoms with Crippen molar-refractivity contribution < 1.29 is 14.2 Å². The second kappa shape index (κ2) is 7.48. The van der Waals surface area contributed by atoms with Crippen LogP contribution in [0.25, 0.3) is 38.8 Å². The first-order chi connectivity index (χ1) is 16.4. The normalized spacial score (nSPS) is 13.1. The molecule has 0 unspecified atom stereocenters. The summed E-state index contributed by atoms with van der Waals surface area (Å²) in [5.41, 5.74) is 4.43. The van der Waals surface area contributed by atoms with E-state index in [1.165, 1.54) is 0 Å². The first-order valence-corrected chi connectivity index (χ1v) is 11.3. The molecule has 5 aromatic rings. The zero-order valence-electron chi connectivity index (χ0n) is 19.6. The minimum absolute atomic E-state index is 0.190. The van der Waals surface area contributed by atoms with Gasteiger partial charge >= 0.3 is 0 Å². The second-order valence-corrected chi connectivity index (χ2v) is 9.48. The van der Waals surface area contributed by atoms with E-state index in [0.29, 0.717) is 0 Å². The van der Waals surface area contributed by atoms with Gasteiger partial charge in [0.05, 0.1) is 29.6 Å². The molecule has 3 heterocycles. The van der Waals surface area contributed by atoms with Crippen LogP contribution in [-0.4, -0.2) is 28.7 Å². The van der Waals surface area contributed by atoms with Crippen molar-refractivity contribution in [1.29, 1.82) is 0 Å². The molecule has 170 valence electrons. The molecule has 1 aliphatic rings. The lowest BCUT2D eigenvalue weighted by Gasteiger charge is -2.17. The summed E-state index contributed by atoms with van der Waals surface area (Å²) < 4.78 is 18.8. The van der Waals surface area contributed by atoms with Crippen molar-refractivity contribution in [2.24, 2.45) is 0 Å². The van der Waals surface area contributed by atoms with Gasteiger partial charge in [0.2, 0.25) is 6.79 Å². The van der Waals surface area contributed by atoms with E-state index in [0.717, 1.165) is 61.7 Å². The first kappa shape index (κ1) is 20.5. The second-order valence-electron chi connectivity index (χ2n) is 9.48. The van der Waals surface area contributed by atoms with Crippen molar-refractivity contribution in [2.45, 2.75) is 26.2 Å². The maximum absolute atomic E-state index is 5.76. The number of rotatable bonds is 3. The van der Waals surface area contributed by atoms with Gasteiger partial charge in [-0.15, -0.1) is 0 Å². The Bertz CT molecular complexity index is 1530. The summed E-state index contributed by atoms with van der Waals surface area (Å²) in [6.07, 6.45) is 0. The third-order valence-corrected chi connectivity index (χ3v) is 6.19. The first-order valence-electron chi connectivity index (χ1n) is 11.3. The lowest BCUT2D eigenvalue weighted by Crippen LogP contribution is -2.13. The fourth-order valence-electron chi connectivity index (χ4n) is 4.51. The maximum Gasteiger partial charge on any atom is 0.231 e. The Kier molecular flexibility index (Phi) is 4.52. The van der Waals surface area contributed by atoms with Crippen molar-refractivity contribution in [2.75, 3.05) is 13.9 Å². The third kappa shape index (κ3) is 3.17. The van der Waals surface area contributed by atoms with E-state index in [9.17, 15) is 0 Å². The van der Waals surface area contributed by atoms with Gasteiger partial charge in [0.15, 0.2) is 17.1 Å². The van der Waals surface area contributed by atoms with Crippen LogP contribution >= 0.6 is 0 Å². The molecule has 0 N–H and O–H groups in total. The fraction of sp³-hybridized carbons (Fsp3) is 0.214. The van der Waals surface area contributed by atoms with Crippen LogP contribution in [0.3, 0.4) is 0 Å². The van der Waals surface area contributed by atoms with Crippen LogP contribution in [0.1, 0.15) is 26.5 Å². The van der Waals surface area contributed by atoms with Crippen LogP contribution < -0.4 is 14.2 Å². The topological polar surface area (TPSA) is 58.4 Å². The van der Waals surface area contributed by atoms with Gasteiger partial charge in [0.1, 0.15) is 5.75 Å². The summed E-state index contributed by atoms with van der Waals surface area (Å²) >= 11 is 0. The van der Waals surface area contributed by atoms with E-state index < -0.39 is 0 Å². The molecule has 0 bridgehead atoms. The lowest BCUT2D eigenvalue weighted by atomic mass is 9.88. The zero-order valence-corrected chi connectivity index (χ0v) is 19.6. The Morgan fingerprint density at radius 1 is 0.882 bits per heavy atom. The van der Waals surface area contributed by atoms with Crippen molar-refractivity contribution in [3.05, 3.63) is 72.4 Å². The highest BCUT2D eigenvalue weighted by molar-refractivity contribution is 6.13. The number of ether oxygens (including phenoxy) is 3. The SMILES string of the molecule is COc1ccc(-c2nc3c(c(C(C)(C)C)nn3-c3ccccc3)c3cc4c(cc23)OCO4)cc1. The molecular formula is C28H25N3O3. The van der Waals surface area contributed by atoms with E-state index in [1.807, 2.05) is 53.2 Å². The predicted molar refractivity (Wildman–Crippen MR) is 133 cm³/mol. The molecule has 0 saturated heterocycles. The van der Waals surface area contributed by atoms with Crippen LogP contribution in [0.15, 0.2) is 66.7 Å². The predicted octanol–water partition coefficient (Wildman–Crippen LogP) is 6.28. The Balaban J connectivity index is 1.77. The Morgan fingerprint density at radius 3 is 2.21 bits per heavy atom. The Labute approximate surface area is 197 Å². The van der Waals surface area contributed by atoms with Gasteiger partial charge in [-0.05, 0) is 48.5 Å². The van der Waals surface area contributed by atoms with E-state index in [1.54, 1.807) is 7.11 Å². The van der Waals surface area contributed by atoms with Crippen molar-refractivity contribution in [1.82, 2.24) is 14.8 Å². The third-order valence-electron chi connectivity index (χ3n) is 6.19. The molecule has 0 atom stereocenters. The van der Waals surface area contributed by atoms with Crippen LogP contribution in [-0.2, 0) is 5.41 Å². The van der Waals surface area contributed by atoms with E-state index in [2.05, 4.69) is 39.0 Å². The van der Waals surface area contributed by atoms with Crippen molar-refractivity contribution in [3.8, 4) is 34.2 Å². The van der Waals surface area contributed by atoms with Gasteiger partial charge in [-0.2, -0.15) is 5.10 Å². The van der Waals surface area contributed by atoms with Gasteiger partial charge in [-0.1, -0.05) is 39.0 Å². The average Bonchev–Trinajstić information content (AvgIpc) is 3.47. The van der Waals surface area contributed by atoms with Gasteiger partial charge in [-0.25, -0.2) is 9.67 Å². The number of nitrogens with zero attached hydrogens (tertiary/aromatic N) is 3. The molecule has 0 spiro atoms.